The van der Waals surface area contributed by atoms with Crippen LogP contribution in [0.1, 0.15) is 26.3 Å². The molecule has 4 aromatic rings. The molecule has 5 nitrogen and oxygen atoms in total. The van der Waals surface area contributed by atoms with Crippen molar-refractivity contribution in [3.05, 3.63) is 136 Å². The van der Waals surface area contributed by atoms with Crippen LogP contribution in [0.5, 0.6) is 0 Å². The molecule has 4 rings (SSSR count). The predicted molar refractivity (Wildman–Crippen MR) is 155 cm³/mol. The average Bonchev–Trinajstić information content (AvgIpc) is 2.93. The molecule has 0 unspecified atom stereocenters. The van der Waals surface area contributed by atoms with E-state index in [9.17, 15) is 14.4 Å². The van der Waals surface area contributed by atoms with Gasteiger partial charge < -0.3 is 10.6 Å². The van der Waals surface area contributed by atoms with Crippen LogP contribution in [0.4, 0.5) is 5.69 Å². The molecule has 0 atom stereocenters. The van der Waals surface area contributed by atoms with E-state index < -0.39 is 11.8 Å². The van der Waals surface area contributed by atoms with Crippen molar-refractivity contribution in [3.8, 4) is 0 Å². The fourth-order valence-corrected chi connectivity index (χ4v) is 4.67. The summed E-state index contributed by atoms with van der Waals surface area (Å²) < 4.78 is 0. The van der Waals surface area contributed by atoms with E-state index in [1.165, 1.54) is 11.8 Å². The summed E-state index contributed by atoms with van der Waals surface area (Å²) in [6.07, 6.45) is 1.56. The first-order valence-corrected chi connectivity index (χ1v) is 13.3. The predicted octanol–water partition coefficient (Wildman–Crippen LogP) is 7.38. The van der Waals surface area contributed by atoms with Crippen molar-refractivity contribution in [1.29, 1.82) is 0 Å². The number of hydrogen-bond donors (Lipinski definition) is 2. The van der Waals surface area contributed by atoms with Gasteiger partial charge in [-0.3, -0.25) is 14.4 Å². The Labute approximate surface area is 234 Å². The van der Waals surface area contributed by atoms with Gasteiger partial charge in [0.2, 0.25) is 0 Å². The van der Waals surface area contributed by atoms with Crippen LogP contribution in [-0.2, 0) is 4.79 Å². The molecule has 0 fully saturated rings. The maximum Gasteiger partial charge on any atom is 0.272 e. The second kappa shape index (κ2) is 13.1. The number of Topliss-reactive ketones (excluding diaryl/α,β-unsaturated/α-hetero) is 1. The third-order valence-electron chi connectivity index (χ3n) is 5.34. The lowest BCUT2D eigenvalue weighted by Gasteiger charge is -2.12. The van der Waals surface area contributed by atoms with Crippen LogP contribution in [0, 0.1) is 0 Å². The van der Waals surface area contributed by atoms with Crippen molar-refractivity contribution in [2.75, 3.05) is 11.1 Å². The van der Waals surface area contributed by atoms with E-state index in [0.717, 1.165) is 4.90 Å². The van der Waals surface area contributed by atoms with E-state index >= 15 is 0 Å². The summed E-state index contributed by atoms with van der Waals surface area (Å²) in [6.45, 7) is 0. The number of benzene rings is 4. The molecule has 0 aliphatic carbocycles. The van der Waals surface area contributed by atoms with Crippen molar-refractivity contribution in [1.82, 2.24) is 5.32 Å². The zero-order chi connectivity index (χ0) is 26.9. The SMILES string of the molecule is O=C(Nc1ccc(SCC(=O)c2ccccc2Cl)cc1)/C(=C/c1cccc(Cl)c1)NC(=O)c1ccccc1. The molecule has 0 radical (unpaired) electrons. The maximum absolute atomic E-state index is 13.2. The van der Waals surface area contributed by atoms with Gasteiger partial charge in [0.1, 0.15) is 5.70 Å². The van der Waals surface area contributed by atoms with E-state index in [2.05, 4.69) is 10.6 Å². The third kappa shape index (κ3) is 7.59. The van der Waals surface area contributed by atoms with Gasteiger partial charge in [-0.1, -0.05) is 65.7 Å². The molecule has 0 aliphatic rings. The number of rotatable bonds is 9. The second-order valence-corrected chi connectivity index (χ2v) is 10.00. The lowest BCUT2D eigenvalue weighted by Crippen LogP contribution is -2.30. The Balaban J connectivity index is 1.45. The first-order chi connectivity index (χ1) is 18.4. The van der Waals surface area contributed by atoms with Crippen molar-refractivity contribution in [2.24, 2.45) is 0 Å². The number of amides is 2. The fraction of sp³-hybridized carbons (Fsp3) is 0.0333. The molecule has 0 spiro atoms. The summed E-state index contributed by atoms with van der Waals surface area (Å²) in [4.78, 5) is 39.3. The van der Waals surface area contributed by atoms with Gasteiger partial charge >= 0.3 is 0 Å². The van der Waals surface area contributed by atoms with E-state index in [1.54, 1.807) is 97.1 Å². The van der Waals surface area contributed by atoms with Crippen LogP contribution in [0.25, 0.3) is 6.08 Å². The van der Waals surface area contributed by atoms with E-state index in [0.29, 0.717) is 32.4 Å². The standard InChI is InChI=1S/C30H22Cl2N2O3S/c31-22-10-6-7-20(17-22)18-27(34-29(36)21-8-2-1-3-9-21)30(37)33-23-13-15-24(16-14-23)38-19-28(35)25-11-4-5-12-26(25)32/h1-18H,19H2,(H,33,37)(H,34,36)/b27-18-. The summed E-state index contributed by atoms with van der Waals surface area (Å²) in [5.74, 6) is -0.747. The molecular formula is C30H22Cl2N2O3S. The monoisotopic (exact) mass is 560 g/mol. The molecule has 0 heterocycles. The van der Waals surface area contributed by atoms with Crippen LogP contribution < -0.4 is 10.6 Å². The molecule has 0 saturated carbocycles. The molecule has 0 aliphatic heterocycles. The number of halogens is 2. The Bertz CT molecular complexity index is 1490. The molecule has 4 aromatic carbocycles. The van der Waals surface area contributed by atoms with Crippen molar-refractivity contribution >= 4 is 64.3 Å². The van der Waals surface area contributed by atoms with Gasteiger partial charge in [0, 0.05) is 26.7 Å². The minimum Gasteiger partial charge on any atom is -0.321 e. The summed E-state index contributed by atoms with van der Waals surface area (Å²) in [5, 5.41) is 6.45. The first kappa shape index (κ1) is 27.2. The lowest BCUT2D eigenvalue weighted by atomic mass is 10.1. The Hall–Kier alpha value is -3.84. The normalized spacial score (nSPS) is 11.1. The van der Waals surface area contributed by atoms with Crippen LogP contribution in [0.15, 0.2) is 114 Å². The van der Waals surface area contributed by atoms with E-state index in [-0.39, 0.29) is 17.2 Å². The quantitative estimate of drug-likeness (QED) is 0.127. The van der Waals surface area contributed by atoms with Crippen LogP contribution in [0.3, 0.4) is 0 Å². The smallest absolute Gasteiger partial charge is 0.272 e. The van der Waals surface area contributed by atoms with Crippen LogP contribution in [0.2, 0.25) is 10.0 Å². The molecule has 0 saturated heterocycles. The van der Waals surface area contributed by atoms with Crippen LogP contribution >= 0.6 is 35.0 Å². The average molecular weight is 561 g/mol. The minimum absolute atomic E-state index is 0.0601. The van der Waals surface area contributed by atoms with Crippen molar-refractivity contribution in [2.45, 2.75) is 4.90 Å². The van der Waals surface area contributed by atoms with Crippen LogP contribution in [-0.4, -0.2) is 23.4 Å². The Morgan fingerprint density at radius 2 is 1.50 bits per heavy atom. The van der Waals surface area contributed by atoms with E-state index in [4.69, 9.17) is 23.2 Å². The number of nitrogens with one attached hydrogen (secondary N) is 2. The third-order valence-corrected chi connectivity index (χ3v) is 6.92. The minimum atomic E-state index is -0.497. The van der Waals surface area contributed by atoms with Gasteiger partial charge in [-0.05, 0) is 72.3 Å². The van der Waals surface area contributed by atoms with Gasteiger partial charge in [0.15, 0.2) is 5.78 Å². The largest absolute Gasteiger partial charge is 0.321 e. The highest BCUT2D eigenvalue weighted by molar-refractivity contribution is 8.00. The highest BCUT2D eigenvalue weighted by Crippen LogP contribution is 2.24. The number of carbonyl (C=O) groups is 3. The van der Waals surface area contributed by atoms with Gasteiger partial charge in [0.25, 0.3) is 11.8 Å². The number of carbonyl (C=O) groups excluding carboxylic acids is 3. The van der Waals surface area contributed by atoms with Crippen molar-refractivity contribution < 1.29 is 14.4 Å². The molecule has 8 heteroatoms. The zero-order valence-corrected chi connectivity index (χ0v) is 22.3. The molecule has 2 N–H and O–H groups in total. The summed E-state index contributed by atoms with van der Waals surface area (Å²) >= 11 is 13.6. The highest BCUT2D eigenvalue weighted by atomic mass is 35.5. The number of hydrogen-bond acceptors (Lipinski definition) is 4. The molecular weight excluding hydrogens is 539 g/mol. The lowest BCUT2D eigenvalue weighted by molar-refractivity contribution is -0.113. The first-order valence-electron chi connectivity index (χ1n) is 11.5. The molecule has 38 heavy (non-hydrogen) atoms. The van der Waals surface area contributed by atoms with Crippen molar-refractivity contribution in [3.63, 3.8) is 0 Å². The van der Waals surface area contributed by atoms with Gasteiger partial charge in [-0.25, -0.2) is 0 Å². The highest BCUT2D eigenvalue weighted by Gasteiger charge is 2.16. The summed E-state index contributed by atoms with van der Waals surface area (Å²) in [7, 11) is 0. The van der Waals surface area contributed by atoms with Gasteiger partial charge in [0.05, 0.1) is 10.8 Å². The zero-order valence-electron chi connectivity index (χ0n) is 20.0. The Morgan fingerprint density at radius 3 is 2.21 bits per heavy atom. The van der Waals surface area contributed by atoms with E-state index in [1.807, 2.05) is 12.1 Å². The number of ketones is 1. The molecule has 0 bridgehead atoms. The van der Waals surface area contributed by atoms with Gasteiger partial charge in [-0.2, -0.15) is 0 Å². The summed E-state index contributed by atoms with van der Waals surface area (Å²) in [6, 6.07) is 29.6. The fourth-order valence-electron chi connectivity index (χ4n) is 3.45. The summed E-state index contributed by atoms with van der Waals surface area (Å²) in [5.41, 5.74) is 2.16. The number of thioether (sulfide) groups is 1. The Morgan fingerprint density at radius 1 is 0.789 bits per heavy atom. The molecule has 2 amide bonds. The molecule has 190 valence electrons. The maximum atomic E-state index is 13.2. The molecule has 0 aromatic heterocycles. The van der Waals surface area contributed by atoms with Gasteiger partial charge in [-0.15, -0.1) is 11.8 Å². The topological polar surface area (TPSA) is 75.3 Å². The Kier molecular flexibility index (Phi) is 9.38. The second-order valence-electron chi connectivity index (χ2n) is 8.10. The number of anilines is 1.